The normalized spacial score (nSPS) is 12.8. The van der Waals surface area contributed by atoms with E-state index in [1.54, 1.807) is 12.1 Å². The zero-order valence-electron chi connectivity index (χ0n) is 32.0. The first-order chi connectivity index (χ1) is 29.6. The lowest BCUT2D eigenvalue weighted by atomic mass is 9.84. The van der Waals surface area contributed by atoms with Gasteiger partial charge < -0.3 is 4.42 Å². The topological polar surface area (TPSA) is 80.0 Å². The highest BCUT2D eigenvalue weighted by Gasteiger charge is 2.33. The fourth-order valence-electron chi connectivity index (χ4n) is 8.66. The van der Waals surface area contributed by atoms with Gasteiger partial charge in [-0.2, -0.15) is 5.26 Å². The van der Waals surface area contributed by atoms with Gasteiger partial charge in [0, 0.05) is 38.9 Å². The van der Waals surface area contributed by atoms with Crippen LogP contribution in [0.2, 0.25) is 0 Å². The summed E-state index contributed by atoms with van der Waals surface area (Å²) in [6.45, 7) is 7.91. The highest BCUT2D eigenvalue weighted by atomic mass is 16.3. The Labute approximate surface area is 346 Å². The van der Waals surface area contributed by atoms with Gasteiger partial charge in [-0.05, 0) is 92.5 Å². The van der Waals surface area contributed by atoms with E-state index in [-0.39, 0.29) is 5.92 Å². The molecule has 0 N–H and O–H groups in total. The second-order valence-electron chi connectivity index (χ2n) is 14.9. The summed E-state index contributed by atoms with van der Waals surface area (Å²) in [5.74, 6) is 1.62. The van der Waals surface area contributed by atoms with Crippen LogP contribution in [-0.4, -0.2) is 15.0 Å². The highest BCUT2D eigenvalue weighted by Crippen LogP contribution is 2.52. The van der Waals surface area contributed by atoms with E-state index in [4.69, 9.17) is 25.9 Å². The fourth-order valence-corrected chi connectivity index (χ4v) is 8.66. The number of hydrogen-bond acceptors (Lipinski definition) is 5. The minimum absolute atomic E-state index is 0.145. The number of furan rings is 1. The van der Waals surface area contributed by atoms with Crippen molar-refractivity contribution in [2.75, 3.05) is 0 Å². The molecule has 10 aromatic rings. The summed E-state index contributed by atoms with van der Waals surface area (Å²) in [4.78, 5) is 19.3. The van der Waals surface area contributed by atoms with Crippen molar-refractivity contribution in [3.05, 3.63) is 216 Å². The van der Waals surface area contributed by atoms with Gasteiger partial charge in [-0.25, -0.2) is 19.8 Å². The molecule has 1 aliphatic rings. The Balaban J connectivity index is 1.15. The molecule has 0 saturated carbocycles. The minimum Gasteiger partial charge on any atom is -0.456 e. The van der Waals surface area contributed by atoms with Crippen molar-refractivity contribution >= 4 is 27.6 Å². The number of aromatic nitrogens is 3. The van der Waals surface area contributed by atoms with Crippen LogP contribution in [0.4, 0.5) is 5.69 Å². The Morgan fingerprint density at radius 2 is 1.03 bits per heavy atom. The molecule has 0 fully saturated rings. The Kier molecular flexibility index (Phi) is 8.22. The summed E-state index contributed by atoms with van der Waals surface area (Å²) in [7, 11) is 0. The molecule has 1 aliphatic carbocycles. The van der Waals surface area contributed by atoms with E-state index < -0.39 is 0 Å². The lowest BCUT2D eigenvalue weighted by Crippen LogP contribution is -2.06. The summed E-state index contributed by atoms with van der Waals surface area (Å²) in [5.41, 5.74) is 14.8. The molecule has 0 saturated heterocycles. The van der Waals surface area contributed by atoms with Crippen molar-refractivity contribution in [3.63, 3.8) is 0 Å². The summed E-state index contributed by atoms with van der Waals surface area (Å²) in [6, 6.07) is 63.8. The lowest BCUT2D eigenvalue weighted by molar-refractivity contribution is 0.669. The van der Waals surface area contributed by atoms with Crippen LogP contribution in [0.25, 0.3) is 94.3 Å². The van der Waals surface area contributed by atoms with Crippen molar-refractivity contribution in [2.24, 2.45) is 0 Å². The smallest absolute Gasteiger partial charge is 0.196 e. The van der Waals surface area contributed by atoms with E-state index in [0.29, 0.717) is 28.7 Å². The first-order valence-corrected chi connectivity index (χ1v) is 19.7. The predicted octanol–water partition coefficient (Wildman–Crippen LogP) is 13.7. The molecule has 2 heterocycles. The first-order valence-electron chi connectivity index (χ1n) is 19.7. The molecule has 278 valence electrons. The van der Waals surface area contributed by atoms with Gasteiger partial charge in [0.1, 0.15) is 11.2 Å². The third-order valence-corrected chi connectivity index (χ3v) is 11.5. The van der Waals surface area contributed by atoms with Crippen molar-refractivity contribution < 1.29 is 4.42 Å². The van der Waals surface area contributed by atoms with Gasteiger partial charge >= 0.3 is 0 Å². The van der Waals surface area contributed by atoms with Crippen LogP contribution in [0.3, 0.4) is 0 Å². The number of nitriles is 1. The molecule has 11 rings (SSSR count). The molecule has 8 aromatic carbocycles. The number of rotatable bonds is 6. The van der Waals surface area contributed by atoms with E-state index in [2.05, 4.69) is 95.8 Å². The van der Waals surface area contributed by atoms with Crippen molar-refractivity contribution in [3.8, 4) is 73.6 Å². The third kappa shape index (κ3) is 5.83. The molecule has 0 aliphatic heterocycles. The highest BCUT2D eigenvalue weighted by molar-refractivity contribution is 6.06. The number of hydrogen-bond donors (Lipinski definition) is 0. The molecule has 0 spiro atoms. The van der Waals surface area contributed by atoms with E-state index in [9.17, 15) is 5.26 Å². The van der Waals surface area contributed by atoms with Crippen molar-refractivity contribution in [1.29, 1.82) is 5.26 Å². The minimum atomic E-state index is -0.145. The average molecular weight is 766 g/mol. The molecule has 60 heavy (non-hydrogen) atoms. The molecule has 2 aromatic heterocycles. The van der Waals surface area contributed by atoms with Gasteiger partial charge in [-0.3, -0.25) is 0 Å². The molecule has 6 heteroatoms. The van der Waals surface area contributed by atoms with Crippen LogP contribution >= 0.6 is 0 Å². The number of benzene rings is 8. The predicted molar refractivity (Wildman–Crippen MR) is 238 cm³/mol. The SMILES string of the molecule is [C-]#[N+]c1cc(C#N)ccc1-c1ccc2c(c1)-c1ccccc1C2c1ccc(-c2ccc3oc4ccccc4c3c2)cc1-c1nc(-c2ccccc2)nc(-c2ccccc2)n1. The zero-order valence-corrected chi connectivity index (χ0v) is 32.0. The van der Waals surface area contributed by atoms with Crippen LogP contribution in [-0.2, 0) is 0 Å². The molecular formula is C54H31N5O. The van der Waals surface area contributed by atoms with Gasteiger partial charge in [0.2, 0.25) is 0 Å². The van der Waals surface area contributed by atoms with E-state index in [0.717, 1.165) is 83.1 Å². The number of fused-ring (bicyclic) bond motifs is 6. The number of nitrogens with zero attached hydrogens (tertiary/aromatic N) is 5. The summed E-state index contributed by atoms with van der Waals surface area (Å²) in [5, 5.41) is 11.7. The summed E-state index contributed by atoms with van der Waals surface area (Å²) in [6.07, 6.45) is 0. The number of para-hydroxylation sites is 1. The fraction of sp³-hybridized carbons (Fsp3) is 0.0185. The Morgan fingerprint density at radius 3 is 1.78 bits per heavy atom. The molecular weight excluding hydrogens is 735 g/mol. The molecule has 6 nitrogen and oxygen atoms in total. The zero-order chi connectivity index (χ0) is 40.2. The van der Waals surface area contributed by atoms with Gasteiger partial charge in [0.25, 0.3) is 0 Å². The molecule has 0 radical (unpaired) electrons. The van der Waals surface area contributed by atoms with Gasteiger partial charge in [0.15, 0.2) is 23.2 Å². The lowest BCUT2D eigenvalue weighted by Gasteiger charge is -2.20. The van der Waals surface area contributed by atoms with Crippen molar-refractivity contribution in [2.45, 2.75) is 5.92 Å². The van der Waals surface area contributed by atoms with Crippen LogP contribution < -0.4 is 0 Å². The van der Waals surface area contributed by atoms with Crippen LogP contribution in [0, 0.1) is 17.9 Å². The van der Waals surface area contributed by atoms with E-state index in [1.165, 1.54) is 5.56 Å². The monoisotopic (exact) mass is 765 g/mol. The van der Waals surface area contributed by atoms with Gasteiger partial charge in [-0.1, -0.05) is 140 Å². The van der Waals surface area contributed by atoms with Gasteiger partial charge in [-0.15, -0.1) is 0 Å². The van der Waals surface area contributed by atoms with Crippen molar-refractivity contribution in [1.82, 2.24) is 15.0 Å². The third-order valence-electron chi connectivity index (χ3n) is 11.5. The summed E-state index contributed by atoms with van der Waals surface area (Å²) < 4.78 is 6.21. The Bertz CT molecular complexity index is 3350. The average Bonchev–Trinajstić information content (AvgIpc) is 3.86. The Hall–Kier alpha value is -8.45. The maximum Gasteiger partial charge on any atom is 0.196 e. The maximum atomic E-state index is 9.53. The van der Waals surface area contributed by atoms with Crippen LogP contribution in [0.5, 0.6) is 0 Å². The van der Waals surface area contributed by atoms with Crippen LogP contribution in [0.1, 0.15) is 28.2 Å². The quantitative estimate of drug-likeness (QED) is 0.157. The molecule has 1 unspecified atom stereocenters. The molecule has 1 atom stereocenters. The standard InChI is InChI=1S/C54H31N5O/c1-56-48-28-33(32-55)20-24-39(48)38-22-26-43-45(31-38)40-16-8-9-18-42(40)51(43)44-25-21-36(37-23-27-50-46(29-37)41-17-10-11-19-49(41)60-50)30-47(44)54-58-52(34-12-4-2-5-13-34)57-53(59-54)35-14-6-3-7-15-35/h2-31,51H. The van der Waals surface area contributed by atoms with E-state index in [1.807, 2.05) is 84.9 Å². The van der Waals surface area contributed by atoms with Gasteiger partial charge in [0.05, 0.1) is 12.6 Å². The summed E-state index contributed by atoms with van der Waals surface area (Å²) >= 11 is 0. The maximum absolute atomic E-state index is 9.53. The largest absolute Gasteiger partial charge is 0.456 e. The Morgan fingerprint density at radius 1 is 0.450 bits per heavy atom. The second kappa shape index (κ2) is 14.2. The second-order valence-corrected chi connectivity index (χ2v) is 14.9. The van der Waals surface area contributed by atoms with E-state index >= 15 is 0 Å². The first kappa shape index (κ1) is 34.8. The van der Waals surface area contributed by atoms with Crippen LogP contribution in [0.15, 0.2) is 186 Å². The molecule has 0 amide bonds. The molecule has 0 bridgehead atoms.